The second-order valence-electron chi connectivity index (χ2n) is 6.47. The number of fused-ring (bicyclic) bond motifs is 1. The molecule has 0 amide bonds. The standard InChI is InChI=1S/C19H20N2O8S2/c1-12-19(31(26,27)29-14-8-6-13(28-2)7-9-14)18-15(20-11-30(24)25)4-3-5-16(18)21(12)10-17(22)23/h3-9,20,30H,10-11H2,1-2H3,(H,22,23). The van der Waals surface area contributed by atoms with Crippen molar-refractivity contribution in [1.29, 1.82) is 0 Å². The number of carbonyl (C=O) groups is 1. The lowest BCUT2D eigenvalue weighted by atomic mass is 10.2. The lowest BCUT2D eigenvalue weighted by molar-refractivity contribution is -0.137. The van der Waals surface area contributed by atoms with Crippen LogP contribution in [-0.2, 0) is 32.2 Å². The molecule has 0 bridgehead atoms. The number of carboxylic acids is 1. The van der Waals surface area contributed by atoms with E-state index in [1.54, 1.807) is 12.1 Å². The number of aromatic nitrogens is 1. The average Bonchev–Trinajstić information content (AvgIpc) is 2.99. The Morgan fingerprint density at radius 1 is 1.13 bits per heavy atom. The molecule has 3 aromatic rings. The van der Waals surface area contributed by atoms with Gasteiger partial charge in [-0.05, 0) is 43.3 Å². The number of carboxylic acid groups (broad SMARTS) is 1. The van der Waals surface area contributed by atoms with Crippen LogP contribution < -0.4 is 14.2 Å². The summed E-state index contributed by atoms with van der Waals surface area (Å²) in [6, 6.07) is 10.5. The number of methoxy groups -OCH3 is 1. The third-order valence-corrected chi connectivity index (χ3v) is 6.33. The number of ether oxygens (including phenoxy) is 1. The fourth-order valence-corrected chi connectivity index (χ4v) is 4.91. The summed E-state index contributed by atoms with van der Waals surface area (Å²) in [6.45, 7) is 0.977. The Morgan fingerprint density at radius 3 is 2.35 bits per heavy atom. The number of thiol groups is 1. The molecule has 0 aliphatic carbocycles. The molecule has 0 atom stereocenters. The van der Waals surface area contributed by atoms with Crippen molar-refractivity contribution in [2.75, 3.05) is 18.3 Å². The van der Waals surface area contributed by atoms with E-state index in [4.69, 9.17) is 8.92 Å². The van der Waals surface area contributed by atoms with Crippen LogP contribution in [0.3, 0.4) is 0 Å². The second-order valence-corrected chi connectivity index (χ2v) is 8.94. The smallest absolute Gasteiger partial charge is 0.341 e. The molecule has 31 heavy (non-hydrogen) atoms. The number of nitrogens with zero attached hydrogens (tertiary/aromatic N) is 1. The van der Waals surface area contributed by atoms with Gasteiger partial charge in [0.1, 0.15) is 28.8 Å². The summed E-state index contributed by atoms with van der Waals surface area (Å²) >= 11 is 0. The maximum Gasteiger partial charge on any atom is 0.341 e. The summed E-state index contributed by atoms with van der Waals surface area (Å²) in [5.74, 6) is -1.04. The van der Waals surface area contributed by atoms with Crippen molar-refractivity contribution in [3.05, 3.63) is 48.2 Å². The maximum atomic E-state index is 13.2. The van der Waals surface area contributed by atoms with Gasteiger partial charge in [-0.25, -0.2) is 8.42 Å². The van der Waals surface area contributed by atoms with Crippen molar-refractivity contribution < 1.29 is 35.7 Å². The largest absolute Gasteiger partial charge is 0.497 e. The van der Waals surface area contributed by atoms with Gasteiger partial charge in [-0.15, -0.1) is 0 Å². The molecule has 2 aromatic carbocycles. The molecule has 0 radical (unpaired) electrons. The van der Waals surface area contributed by atoms with Crippen LogP contribution in [0.25, 0.3) is 10.9 Å². The molecule has 1 heterocycles. The molecule has 0 aliphatic rings. The molecule has 1 aromatic heterocycles. The third kappa shape index (κ3) is 4.75. The van der Waals surface area contributed by atoms with E-state index in [0.29, 0.717) is 11.3 Å². The minimum Gasteiger partial charge on any atom is -0.497 e. The van der Waals surface area contributed by atoms with Crippen molar-refractivity contribution >= 4 is 43.4 Å². The fourth-order valence-electron chi connectivity index (χ4n) is 3.23. The van der Waals surface area contributed by atoms with Crippen LogP contribution in [0, 0.1) is 6.92 Å². The second kappa shape index (κ2) is 8.86. The van der Waals surface area contributed by atoms with E-state index < -0.39 is 39.2 Å². The first-order valence-corrected chi connectivity index (χ1v) is 11.7. The van der Waals surface area contributed by atoms with Crippen molar-refractivity contribution in [3.63, 3.8) is 0 Å². The van der Waals surface area contributed by atoms with Crippen molar-refractivity contribution in [2.45, 2.75) is 18.4 Å². The summed E-state index contributed by atoms with van der Waals surface area (Å²) in [4.78, 5) is 11.1. The SMILES string of the molecule is COc1ccc(OS(=O)(=O)c2c(C)n(CC(=O)O)c3cccc(NC[SH](=O)=O)c23)cc1. The van der Waals surface area contributed by atoms with Gasteiger partial charge in [0.25, 0.3) is 0 Å². The fraction of sp³-hybridized carbons (Fsp3) is 0.211. The summed E-state index contributed by atoms with van der Waals surface area (Å²) < 4.78 is 60.2. The molecular formula is C19H20N2O8S2. The Bertz CT molecular complexity index is 1300. The van der Waals surface area contributed by atoms with E-state index in [0.717, 1.165) is 0 Å². The first kappa shape index (κ1) is 22.4. The quantitative estimate of drug-likeness (QED) is 0.316. The van der Waals surface area contributed by atoms with Gasteiger partial charge in [0, 0.05) is 16.8 Å². The zero-order valence-corrected chi connectivity index (χ0v) is 18.3. The van der Waals surface area contributed by atoms with Crippen LogP contribution in [0.4, 0.5) is 5.69 Å². The Kier molecular flexibility index (Phi) is 6.41. The van der Waals surface area contributed by atoms with Crippen LogP contribution in [0.1, 0.15) is 5.69 Å². The van der Waals surface area contributed by atoms with Crippen LogP contribution in [0.5, 0.6) is 11.5 Å². The topological polar surface area (TPSA) is 141 Å². The highest BCUT2D eigenvalue weighted by Gasteiger charge is 2.29. The number of hydrogen-bond acceptors (Lipinski definition) is 8. The highest BCUT2D eigenvalue weighted by atomic mass is 32.2. The molecule has 3 rings (SSSR count). The molecule has 0 saturated heterocycles. The Morgan fingerprint density at radius 2 is 1.77 bits per heavy atom. The number of anilines is 1. The predicted octanol–water partition coefficient (Wildman–Crippen LogP) is 1.79. The lowest BCUT2D eigenvalue weighted by Gasteiger charge is -2.10. The molecule has 2 N–H and O–H groups in total. The highest BCUT2D eigenvalue weighted by molar-refractivity contribution is 7.87. The van der Waals surface area contributed by atoms with Gasteiger partial charge in [0.15, 0.2) is 10.7 Å². The molecule has 12 heteroatoms. The maximum absolute atomic E-state index is 13.2. The van der Waals surface area contributed by atoms with Gasteiger partial charge < -0.3 is 23.9 Å². The van der Waals surface area contributed by atoms with Gasteiger partial charge in [0.2, 0.25) is 0 Å². The number of nitrogens with one attached hydrogen (secondary N) is 1. The van der Waals surface area contributed by atoms with Crippen LogP contribution in [-0.4, -0.2) is 45.5 Å². The van der Waals surface area contributed by atoms with Crippen LogP contribution in [0.2, 0.25) is 0 Å². The highest BCUT2D eigenvalue weighted by Crippen LogP contribution is 2.36. The number of hydrogen-bond donors (Lipinski definition) is 3. The Labute approximate surface area is 180 Å². The van der Waals surface area contributed by atoms with Crippen molar-refractivity contribution in [1.82, 2.24) is 4.57 Å². The first-order chi connectivity index (χ1) is 14.6. The van der Waals surface area contributed by atoms with Gasteiger partial charge in [-0.3, -0.25) is 4.79 Å². The average molecular weight is 469 g/mol. The van der Waals surface area contributed by atoms with E-state index in [1.807, 2.05) is 0 Å². The lowest BCUT2D eigenvalue weighted by Crippen LogP contribution is -2.14. The minimum absolute atomic E-state index is 0.0346. The number of rotatable bonds is 9. The van der Waals surface area contributed by atoms with Crippen LogP contribution >= 0.6 is 0 Å². The van der Waals surface area contributed by atoms with Gasteiger partial charge in [0.05, 0.1) is 12.6 Å². The molecule has 0 saturated carbocycles. The molecular weight excluding hydrogens is 448 g/mol. The first-order valence-electron chi connectivity index (χ1n) is 8.92. The molecule has 0 fully saturated rings. The Balaban J connectivity index is 2.20. The van der Waals surface area contributed by atoms with Crippen molar-refractivity contribution in [3.8, 4) is 11.5 Å². The molecule has 0 unspecified atom stereocenters. The zero-order valence-electron chi connectivity index (χ0n) is 16.6. The molecule has 0 aliphatic heterocycles. The van der Waals surface area contributed by atoms with E-state index in [2.05, 4.69) is 5.32 Å². The van der Waals surface area contributed by atoms with Gasteiger partial charge in [-0.2, -0.15) is 8.42 Å². The zero-order chi connectivity index (χ0) is 22.8. The van der Waals surface area contributed by atoms with E-state index >= 15 is 0 Å². The summed E-state index contributed by atoms with van der Waals surface area (Å²) in [5, 5.41) is 12.1. The predicted molar refractivity (Wildman–Crippen MR) is 114 cm³/mol. The summed E-state index contributed by atoms with van der Waals surface area (Å²) in [6.07, 6.45) is 0. The summed E-state index contributed by atoms with van der Waals surface area (Å²) in [7, 11) is -5.72. The van der Waals surface area contributed by atoms with E-state index in [-0.39, 0.29) is 27.4 Å². The van der Waals surface area contributed by atoms with E-state index in [1.165, 1.54) is 48.9 Å². The van der Waals surface area contributed by atoms with Gasteiger partial charge in [-0.1, -0.05) is 6.07 Å². The van der Waals surface area contributed by atoms with Gasteiger partial charge >= 0.3 is 16.1 Å². The van der Waals surface area contributed by atoms with E-state index in [9.17, 15) is 26.7 Å². The van der Waals surface area contributed by atoms with Crippen LogP contribution in [0.15, 0.2) is 47.4 Å². The molecule has 0 spiro atoms. The minimum atomic E-state index is -4.41. The molecule has 10 nitrogen and oxygen atoms in total. The molecule has 166 valence electrons. The third-order valence-electron chi connectivity index (χ3n) is 4.50. The Hall–Kier alpha value is -3.25. The number of benzene rings is 2. The van der Waals surface area contributed by atoms with Crippen molar-refractivity contribution in [2.24, 2.45) is 0 Å². The normalized spacial score (nSPS) is 11.6. The number of aliphatic carboxylic acids is 1. The summed E-state index contributed by atoms with van der Waals surface area (Å²) in [5.41, 5.74) is 0.676. The monoisotopic (exact) mass is 468 g/mol.